The molecule has 2 nitrogen and oxygen atoms in total. The molecule has 0 radical (unpaired) electrons. The average molecular weight is 198 g/mol. The van der Waals surface area contributed by atoms with Gasteiger partial charge in [-0.3, -0.25) is 0 Å². The molecular weight excluding hydrogens is 184 g/mol. The minimum Gasteiger partial charge on any atom is -0.508 e. The molecule has 0 aliphatic carbocycles. The molecule has 0 spiro atoms. The molecule has 0 saturated heterocycles. The van der Waals surface area contributed by atoms with Crippen LogP contribution in [0.15, 0.2) is 12.1 Å². The maximum atomic E-state index is 9.45. The first-order valence-electron chi connectivity index (χ1n) is 4.08. The quantitative estimate of drug-likeness (QED) is 0.607. The molecule has 0 heterocycles. The summed E-state index contributed by atoms with van der Waals surface area (Å²) in [5, 5.41) is 18.7. The van der Waals surface area contributed by atoms with E-state index in [1.165, 1.54) is 6.07 Å². The van der Waals surface area contributed by atoms with Crippen molar-refractivity contribution >= 4 is 12.6 Å². The highest BCUT2D eigenvalue weighted by Gasteiger charge is 2.19. The molecule has 0 aliphatic rings. The van der Waals surface area contributed by atoms with E-state index < -0.39 is 0 Å². The van der Waals surface area contributed by atoms with Gasteiger partial charge < -0.3 is 10.2 Å². The van der Waals surface area contributed by atoms with Crippen molar-refractivity contribution in [3.05, 3.63) is 23.3 Å². The molecule has 1 aromatic carbocycles. The fraction of sp³-hybridized carbons (Fsp3) is 0.400. The molecule has 0 aliphatic heterocycles. The summed E-state index contributed by atoms with van der Waals surface area (Å²) in [5.74, 6) is 0.178. The Morgan fingerprint density at radius 2 is 1.77 bits per heavy atom. The first-order valence-corrected chi connectivity index (χ1v) is 4.52. The number of benzene rings is 1. The zero-order valence-corrected chi connectivity index (χ0v) is 8.89. The van der Waals surface area contributed by atoms with Gasteiger partial charge in [-0.25, -0.2) is 0 Å². The third-order valence-electron chi connectivity index (χ3n) is 2.02. The Morgan fingerprint density at radius 1 is 1.23 bits per heavy atom. The van der Waals surface area contributed by atoms with Crippen LogP contribution in [0.3, 0.4) is 0 Å². The highest BCUT2D eigenvalue weighted by molar-refractivity contribution is 7.81. The molecule has 0 saturated carbocycles. The summed E-state index contributed by atoms with van der Waals surface area (Å²) in [4.78, 5) is 0. The van der Waals surface area contributed by atoms with Gasteiger partial charge in [0.05, 0.1) is 0 Å². The van der Waals surface area contributed by atoms with Gasteiger partial charge in [0.1, 0.15) is 11.5 Å². The Balaban J connectivity index is 3.37. The molecular formula is C10H14O2S. The molecule has 3 heteroatoms. The van der Waals surface area contributed by atoms with Crippen molar-refractivity contribution in [2.45, 2.75) is 25.5 Å². The molecule has 1 aromatic rings. The first-order chi connectivity index (χ1) is 5.82. The fourth-order valence-corrected chi connectivity index (χ4v) is 1.55. The van der Waals surface area contributed by atoms with Crippen LogP contribution in [0.1, 0.15) is 25.0 Å². The zero-order valence-electron chi connectivity index (χ0n) is 8.00. The largest absolute Gasteiger partial charge is 0.508 e. The van der Waals surface area contributed by atoms with Crippen molar-refractivity contribution in [1.29, 1.82) is 0 Å². The number of hydrogen-bond donors (Lipinski definition) is 3. The van der Waals surface area contributed by atoms with E-state index in [2.05, 4.69) is 12.6 Å². The summed E-state index contributed by atoms with van der Waals surface area (Å²) in [6.45, 7) is 5.64. The van der Waals surface area contributed by atoms with Gasteiger partial charge in [0, 0.05) is 10.8 Å². The van der Waals surface area contributed by atoms with Crippen molar-refractivity contribution in [3.8, 4) is 11.5 Å². The van der Waals surface area contributed by atoms with Crippen LogP contribution in [0.4, 0.5) is 0 Å². The van der Waals surface area contributed by atoms with E-state index in [1.807, 2.05) is 20.8 Å². The number of hydrogen-bond acceptors (Lipinski definition) is 3. The molecule has 0 bridgehead atoms. The number of rotatable bonds is 1. The smallest absolute Gasteiger partial charge is 0.122 e. The Bertz CT molecular complexity index is 326. The maximum absolute atomic E-state index is 9.45. The predicted octanol–water partition coefficient (Wildman–Crippen LogP) is 2.57. The van der Waals surface area contributed by atoms with E-state index in [0.717, 1.165) is 11.1 Å². The van der Waals surface area contributed by atoms with Crippen LogP contribution >= 0.6 is 12.6 Å². The number of thiol groups is 1. The van der Waals surface area contributed by atoms with Gasteiger partial charge in [0.25, 0.3) is 0 Å². The third-order valence-corrected chi connectivity index (χ3v) is 2.27. The van der Waals surface area contributed by atoms with Gasteiger partial charge in [-0.1, -0.05) is 0 Å². The number of aromatic hydroxyl groups is 2. The van der Waals surface area contributed by atoms with Crippen LogP contribution in [-0.2, 0) is 4.75 Å². The second kappa shape index (κ2) is 3.14. The molecule has 0 unspecified atom stereocenters. The summed E-state index contributed by atoms with van der Waals surface area (Å²) < 4.78 is -0.361. The van der Waals surface area contributed by atoms with Gasteiger partial charge in [0.2, 0.25) is 0 Å². The van der Waals surface area contributed by atoms with E-state index >= 15 is 0 Å². The second-order valence-electron chi connectivity index (χ2n) is 3.70. The van der Waals surface area contributed by atoms with Crippen LogP contribution in [0.25, 0.3) is 0 Å². The highest BCUT2D eigenvalue weighted by Crippen LogP contribution is 2.36. The number of phenolic OH excluding ortho intramolecular Hbond substituents is 2. The molecule has 72 valence electrons. The van der Waals surface area contributed by atoms with Gasteiger partial charge in [-0.05, 0) is 38.0 Å². The summed E-state index contributed by atoms with van der Waals surface area (Å²) in [5.41, 5.74) is 1.60. The average Bonchev–Trinajstić information content (AvgIpc) is 1.94. The predicted molar refractivity (Wildman–Crippen MR) is 56.5 cm³/mol. The van der Waals surface area contributed by atoms with Gasteiger partial charge >= 0.3 is 0 Å². The van der Waals surface area contributed by atoms with Gasteiger partial charge in [0.15, 0.2) is 0 Å². The van der Waals surface area contributed by atoms with E-state index in [4.69, 9.17) is 0 Å². The van der Waals surface area contributed by atoms with E-state index in [0.29, 0.717) is 0 Å². The molecule has 0 amide bonds. The summed E-state index contributed by atoms with van der Waals surface area (Å²) in [6.07, 6.45) is 0. The van der Waals surface area contributed by atoms with Crippen LogP contribution in [0.5, 0.6) is 11.5 Å². The minimum absolute atomic E-state index is 0.0697. The summed E-state index contributed by atoms with van der Waals surface area (Å²) in [6, 6.07) is 2.96. The van der Waals surface area contributed by atoms with Crippen molar-refractivity contribution < 1.29 is 10.2 Å². The normalized spacial score (nSPS) is 11.7. The Kier molecular flexibility index (Phi) is 2.48. The van der Waals surface area contributed by atoms with E-state index in [9.17, 15) is 10.2 Å². The molecule has 0 aromatic heterocycles. The van der Waals surface area contributed by atoms with Crippen LogP contribution < -0.4 is 0 Å². The lowest BCUT2D eigenvalue weighted by Crippen LogP contribution is -2.09. The fourth-order valence-electron chi connectivity index (χ4n) is 1.32. The SMILES string of the molecule is Cc1c(O)cc(O)cc1C(C)(C)S. The highest BCUT2D eigenvalue weighted by atomic mass is 32.1. The summed E-state index contributed by atoms with van der Waals surface area (Å²) in [7, 11) is 0. The van der Waals surface area contributed by atoms with Gasteiger partial charge in [-0.15, -0.1) is 0 Å². The lowest BCUT2D eigenvalue weighted by molar-refractivity contribution is 0.445. The lowest BCUT2D eigenvalue weighted by Gasteiger charge is -2.21. The topological polar surface area (TPSA) is 40.5 Å². The van der Waals surface area contributed by atoms with Crippen molar-refractivity contribution in [2.75, 3.05) is 0 Å². The Morgan fingerprint density at radius 3 is 2.23 bits per heavy atom. The molecule has 0 atom stereocenters. The monoisotopic (exact) mass is 198 g/mol. The molecule has 2 N–H and O–H groups in total. The van der Waals surface area contributed by atoms with Crippen molar-refractivity contribution in [2.24, 2.45) is 0 Å². The molecule has 13 heavy (non-hydrogen) atoms. The standard InChI is InChI=1S/C10H14O2S/c1-6-8(10(2,3)13)4-7(11)5-9(6)12/h4-5,11-13H,1-3H3. The molecule has 0 fully saturated rings. The third kappa shape index (κ3) is 2.10. The van der Waals surface area contributed by atoms with Crippen LogP contribution in [0.2, 0.25) is 0 Å². The zero-order chi connectivity index (χ0) is 10.2. The Hall–Kier alpha value is -0.830. The Labute approximate surface area is 83.6 Å². The second-order valence-corrected chi connectivity index (χ2v) is 4.81. The van der Waals surface area contributed by atoms with Gasteiger partial charge in [-0.2, -0.15) is 12.6 Å². The van der Waals surface area contributed by atoms with E-state index in [1.54, 1.807) is 6.07 Å². The van der Waals surface area contributed by atoms with Crippen molar-refractivity contribution in [1.82, 2.24) is 0 Å². The molecule has 1 rings (SSSR count). The minimum atomic E-state index is -0.361. The number of phenols is 2. The lowest BCUT2D eigenvalue weighted by atomic mass is 9.96. The summed E-state index contributed by atoms with van der Waals surface area (Å²) >= 11 is 4.39. The van der Waals surface area contributed by atoms with Crippen molar-refractivity contribution in [3.63, 3.8) is 0 Å². The van der Waals surface area contributed by atoms with Crippen LogP contribution in [-0.4, -0.2) is 10.2 Å². The van der Waals surface area contributed by atoms with Crippen LogP contribution in [0, 0.1) is 6.92 Å². The maximum Gasteiger partial charge on any atom is 0.122 e. The van der Waals surface area contributed by atoms with E-state index in [-0.39, 0.29) is 16.2 Å². The first kappa shape index (κ1) is 10.3.